The van der Waals surface area contributed by atoms with Gasteiger partial charge in [0.05, 0.1) is 6.42 Å². The van der Waals surface area contributed by atoms with Gasteiger partial charge in [-0.2, -0.15) is 0 Å². The number of anilines is 1. The lowest BCUT2D eigenvalue weighted by molar-refractivity contribution is -0.119. The van der Waals surface area contributed by atoms with Gasteiger partial charge in [0.2, 0.25) is 5.91 Å². The molecule has 0 aliphatic rings. The maximum Gasteiger partial charge on any atom is 0.230 e. The minimum absolute atomic E-state index is 0.121. The summed E-state index contributed by atoms with van der Waals surface area (Å²) in [6.45, 7) is 4.06. The molecular weight excluding hydrogens is 280 g/mol. The average molecular weight is 298 g/mol. The minimum Gasteiger partial charge on any atom is -0.332 e. The maximum absolute atomic E-state index is 11.9. The predicted octanol–water partition coefficient (Wildman–Crippen LogP) is 3.36. The molecule has 0 atom stereocenters. The van der Waals surface area contributed by atoms with Gasteiger partial charge in [-0.3, -0.25) is 4.79 Å². The summed E-state index contributed by atoms with van der Waals surface area (Å²) in [7, 11) is 0. The lowest BCUT2D eigenvalue weighted by Crippen LogP contribution is -2.35. The van der Waals surface area contributed by atoms with Gasteiger partial charge in [-0.15, -0.1) is 0 Å². The zero-order valence-electron chi connectivity index (χ0n) is 12.1. The van der Waals surface area contributed by atoms with Crippen molar-refractivity contribution in [2.24, 2.45) is 0 Å². The number of aryl methyl sites for hydroxylation is 1. The highest BCUT2D eigenvalue weighted by Crippen LogP contribution is 2.17. The topological polar surface area (TPSA) is 41.1 Å². The molecule has 21 heavy (non-hydrogen) atoms. The quantitative estimate of drug-likeness (QED) is 0.854. The molecule has 0 heterocycles. The SMILES string of the molecule is Cc1cccc(NC(=S)NC(=O)Cc2ccccc2)c1C. The summed E-state index contributed by atoms with van der Waals surface area (Å²) in [6.07, 6.45) is 0.315. The number of benzene rings is 2. The van der Waals surface area contributed by atoms with E-state index in [4.69, 9.17) is 12.2 Å². The summed E-state index contributed by atoms with van der Waals surface area (Å²) < 4.78 is 0. The van der Waals surface area contributed by atoms with Crippen molar-refractivity contribution in [2.45, 2.75) is 20.3 Å². The van der Waals surface area contributed by atoms with Crippen LogP contribution in [0, 0.1) is 13.8 Å². The van der Waals surface area contributed by atoms with Crippen LogP contribution in [0.2, 0.25) is 0 Å². The smallest absolute Gasteiger partial charge is 0.230 e. The number of thiocarbonyl (C=S) groups is 1. The molecule has 2 N–H and O–H groups in total. The molecule has 0 bridgehead atoms. The molecule has 0 saturated heterocycles. The first-order valence-corrected chi connectivity index (χ1v) is 7.18. The third kappa shape index (κ3) is 4.39. The third-order valence-corrected chi connectivity index (χ3v) is 3.52. The first kappa shape index (κ1) is 15.2. The van der Waals surface area contributed by atoms with E-state index >= 15 is 0 Å². The Bertz CT molecular complexity index is 653. The maximum atomic E-state index is 11.9. The summed E-state index contributed by atoms with van der Waals surface area (Å²) in [4.78, 5) is 11.9. The molecule has 2 rings (SSSR count). The van der Waals surface area contributed by atoms with Gasteiger partial charge in [-0.1, -0.05) is 42.5 Å². The summed E-state index contributed by atoms with van der Waals surface area (Å²) in [5.41, 5.74) is 4.18. The molecule has 0 fully saturated rings. The van der Waals surface area contributed by atoms with E-state index in [-0.39, 0.29) is 5.91 Å². The number of hydrogen-bond acceptors (Lipinski definition) is 2. The molecule has 0 aromatic heterocycles. The van der Waals surface area contributed by atoms with Crippen LogP contribution in [0.1, 0.15) is 16.7 Å². The fourth-order valence-electron chi connectivity index (χ4n) is 1.99. The van der Waals surface area contributed by atoms with Crippen molar-refractivity contribution in [1.29, 1.82) is 0 Å². The number of amides is 1. The van der Waals surface area contributed by atoms with Crippen molar-refractivity contribution in [2.75, 3.05) is 5.32 Å². The molecule has 0 spiro atoms. The fraction of sp³-hybridized carbons (Fsp3) is 0.176. The van der Waals surface area contributed by atoms with Gasteiger partial charge in [0.25, 0.3) is 0 Å². The van der Waals surface area contributed by atoms with E-state index in [0.717, 1.165) is 16.8 Å². The van der Waals surface area contributed by atoms with E-state index in [1.807, 2.05) is 62.4 Å². The standard InChI is InChI=1S/C17H18N2OS/c1-12-7-6-10-15(13(12)2)18-17(21)19-16(20)11-14-8-4-3-5-9-14/h3-10H,11H2,1-2H3,(H2,18,19,20,21). The largest absolute Gasteiger partial charge is 0.332 e. The molecule has 0 aliphatic carbocycles. The first-order valence-electron chi connectivity index (χ1n) is 6.77. The van der Waals surface area contributed by atoms with Crippen molar-refractivity contribution in [3.63, 3.8) is 0 Å². The Kier molecular flexibility index (Phi) is 5.06. The summed E-state index contributed by atoms with van der Waals surface area (Å²) in [5.74, 6) is -0.121. The Morgan fingerprint density at radius 3 is 2.48 bits per heavy atom. The lowest BCUT2D eigenvalue weighted by Gasteiger charge is -2.13. The van der Waals surface area contributed by atoms with Crippen molar-refractivity contribution in [3.8, 4) is 0 Å². The van der Waals surface area contributed by atoms with Crippen molar-refractivity contribution in [1.82, 2.24) is 5.32 Å². The van der Waals surface area contributed by atoms with Crippen LogP contribution in [-0.4, -0.2) is 11.0 Å². The van der Waals surface area contributed by atoms with Crippen molar-refractivity contribution < 1.29 is 4.79 Å². The Hall–Kier alpha value is -2.20. The van der Waals surface area contributed by atoms with Crippen LogP contribution in [-0.2, 0) is 11.2 Å². The Balaban J connectivity index is 1.92. The zero-order valence-corrected chi connectivity index (χ0v) is 13.0. The number of carbonyl (C=O) groups excluding carboxylic acids is 1. The van der Waals surface area contributed by atoms with Crippen molar-refractivity contribution >= 4 is 28.9 Å². The van der Waals surface area contributed by atoms with E-state index < -0.39 is 0 Å². The summed E-state index contributed by atoms with van der Waals surface area (Å²) in [6, 6.07) is 15.5. The molecule has 0 saturated carbocycles. The van der Waals surface area contributed by atoms with Crippen molar-refractivity contribution in [3.05, 3.63) is 65.2 Å². The Morgan fingerprint density at radius 1 is 1.05 bits per heavy atom. The van der Waals surface area contributed by atoms with E-state index in [9.17, 15) is 4.79 Å². The number of rotatable bonds is 3. The molecule has 0 unspecified atom stereocenters. The van der Waals surface area contributed by atoms with Crippen LogP contribution in [0.15, 0.2) is 48.5 Å². The van der Waals surface area contributed by atoms with E-state index in [2.05, 4.69) is 10.6 Å². The Labute approximate surface area is 130 Å². The number of hydrogen-bond donors (Lipinski definition) is 2. The van der Waals surface area contributed by atoms with Crippen LogP contribution in [0.4, 0.5) is 5.69 Å². The van der Waals surface area contributed by atoms with Gasteiger partial charge >= 0.3 is 0 Å². The van der Waals surface area contributed by atoms with Gasteiger partial charge in [0, 0.05) is 5.69 Å². The molecule has 2 aromatic rings. The highest BCUT2D eigenvalue weighted by atomic mass is 32.1. The number of nitrogens with one attached hydrogen (secondary N) is 2. The molecule has 2 aromatic carbocycles. The second-order valence-electron chi connectivity index (χ2n) is 4.91. The molecule has 0 radical (unpaired) electrons. The second-order valence-corrected chi connectivity index (χ2v) is 5.32. The third-order valence-electron chi connectivity index (χ3n) is 3.31. The van der Waals surface area contributed by atoms with Crippen LogP contribution < -0.4 is 10.6 Å². The van der Waals surface area contributed by atoms with Gasteiger partial charge < -0.3 is 10.6 Å². The van der Waals surface area contributed by atoms with Crippen LogP contribution in [0.25, 0.3) is 0 Å². The van der Waals surface area contributed by atoms with E-state index in [1.165, 1.54) is 5.56 Å². The highest BCUT2D eigenvalue weighted by Gasteiger charge is 2.07. The normalized spacial score (nSPS) is 10.0. The van der Waals surface area contributed by atoms with Crippen LogP contribution in [0.5, 0.6) is 0 Å². The highest BCUT2D eigenvalue weighted by molar-refractivity contribution is 7.80. The van der Waals surface area contributed by atoms with E-state index in [0.29, 0.717) is 11.5 Å². The number of carbonyl (C=O) groups is 1. The average Bonchev–Trinajstić information content (AvgIpc) is 2.44. The monoisotopic (exact) mass is 298 g/mol. The second kappa shape index (κ2) is 6.99. The summed E-state index contributed by atoms with van der Waals surface area (Å²) in [5, 5.41) is 6.10. The predicted molar refractivity (Wildman–Crippen MR) is 90.4 cm³/mol. The van der Waals surface area contributed by atoms with Crippen LogP contribution >= 0.6 is 12.2 Å². The molecular formula is C17H18N2OS. The fourth-order valence-corrected chi connectivity index (χ4v) is 2.22. The molecule has 4 heteroatoms. The Morgan fingerprint density at radius 2 is 1.76 bits per heavy atom. The van der Waals surface area contributed by atoms with Crippen LogP contribution in [0.3, 0.4) is 0 Å². The van der Waals surface area contributed by atoms with Gasteiger partial charge in [0.1, 0.15) is 0 Å². The molecule has 108 valence electrons. The molecule has 1 amide bonds. The summed E-state index contributed by atoms with van der Waals surface area (Å²) >= 11 is 5.19. The lowest BCUT2D eigenvalue weighted by atomic mass is 10.1. The molecule has 3 nitrogen and oxygen atoms in total. The van der Waals surface area contributed by atoms with Gasteiger partial charge in [-0.05, 0) is 48.8 Å². The van der Waals surface area contributed by atoms with Gasteiger partial charge in [-0.25, -0.2) is 0 Å². The molecule has 0 aliphatic heterocycles. The van der Waals surface area contributed by atoms with E-state index in [1.54, 1.807) is 0 Å². The zero-order chi connectivity index (χ0) is 15.2. The minimum atomic E-state index is -0.121. The van der Waals surface area contributed by atoms with Gasteiger partial charge in [0.15, 0.2) is 5.11 Å². The first-order chi connectivity index (χ1) is 10.1.